The molecule has 1 atom stereocenters. The number of carbonyl (C=O) groups is 1. The molecule has 10 nitrogen and oxygen atoms in total. The van der Waals surface area contributed by atoms with Crippen molar-refractivity contribution < 1.29 is 13.2 Å². The van der Waals surface area contributed by atoms with Crippen LogP contribution in [0.15, 0.2) is 20.7 Å². The van der Waals surface area contributed by atoms with E-state index in [0.29, 0.717) is 19.5 Å². The van der Waals surface area contributed by atoms with Gasteiger partial charge in [0.05, 0.1) is 6.54 Å². The number of rotatable bonds is 3. The van der Waals surface area contributed by atoms with Crippen LogP contribution in [0.25, 0.3) is 0 Å². The van der Waals surface area contributed by atoms with Crippen LogP contribution in [0.3, 0.4) is 0 Å². The molecule has 1 N–H and O–H groups in total. The molecule has 0 radical (unpaired) electrons. The second-order valence-electron chi connectivity index (χ2n) is 6.67. The first-order valence-electron chi connectivity index (χ1n) is 8.50. The number of piperazine rings is 1. The summed E-state index contributed by atoms with van der Waals surface area (Å²) in [6, 6.07) is -0.204. The van der Waals surface area contributed by atoms with E-state index in [4.69, 9.17) is 0 Å². The Morgan fingerprint density at radius 2 is 1.85 bits per heavy atom. The van der Waals surface area contributed by atoms with Gasteiger partial charge in [-0.2, -0.15) is 4.31 Å². The predicted octanol–water partition coefficient (Wildman–Crippen LogP) is -1.91. The van der Waals surface area contributed by atoms with Crippen LogP contribution < -0.4 is 16.6 Å². The fourth-order valence-corrected chi connectivity index (χ4v) is 5.16. The highest BCUT2D eigenvalue weighted by Gasteiger charge is 2.36. The third-order valence-corrected chi connectivity index (χ3v) is 6.81. The molecule has 0 saturated carbocycles. The molecule has 1 aromatic heterocycles. The lowest BCUT2D eigenvalue weighted by atomic mass is 10.1. The highest BCUT2D eigenvalue weighted by Crippen LogP contribution is 2.22. The van der Waals surface area contributed by atoms with Crippen molar-refractivity contribution in [2.75, 3.05) is 32.7 Å². The van der Waals surface area contributed by atoms with Gasteiger partial charge in [-0.25, -0.2) is 13.2 Å². The summed E-state index contributed by atoms with van der Waals surface area (Å²) in [5, 5.41) is 3.00. The smallest absolute Gasteiger partial charge is 0.330 e. The summed E-state index contributed by atoms with van der Waals surface area (Å²) >= 11 is 0. The highest BCUT2D eigenvalue weighted by atomic mass is 35.5. The number of aryl methyl sites for hydroxylation is 1. The van der Waals surface area contributed by atoms with Crippen molar-refractivity contribution in [2.45, 2.75) is 23.8 Å². The molecule has 1 amide bonds. The minimum absolute atomic E-state index is 0. The molecule has 2 fully saturated rings. The van der Waals surface area contributed by atoms with Crippen molar-refractivity contribution >= 4 is 28.3 Å². The number of aromatic nitrogens is 2. The monoisotopic (exact) mass is 421 g/mol. The zero-order chi connectivity index (χ0) is 19.1. The quantitative estimate of drug-likeness (QED) is 0.609. The van der Waals surface area contributed by atoms with Gasteiger partial charge in [-0.15, -0.1) is 12.4 Å². The van der Waals surface area contributed by atoms with Gasteiger partial charge < -0.3 is 14.8 Å². The molecule has 0 spiro atoms. The maximum atomic E-state index is 13.0. The van der Waals surface area contributed by atoms with Crippen molar-refractivity contribution in [2.24, 2.45) is 14.1 Å². The molecule has 1 unspecified atom stereocenters. The average molecular weight is 422 g/mol. The Morgan fingerprint density at radius 1 is 1.15 bits per heavy atom. The number of hydrogen-bond acceptors (Lipinski definition) is 6. The molecule has 3 heterocycles. The SMILES string of the molecule is Cl.Cn1cc(S(=O)(=O)N2CCCC(N3CCNCC3=O)C2)c(=O)n(C)c1=O. The van der Waals surface area contributed by atoms with Crippen LogP contribution in [0.5, 0.6) is 0 Å². The van der Waals surface area contributed by atoms with Gasteiger partial charge in [-0.1, -0.05) is 0 Å². The van der Waals surface area contributed by atoms with Gasteiger partial charge in [0.25, 0.3) is 5.56 Å². The number of hydrogen-bond donors (Lipinski definition) is 1. The number of nitrogens with one attached hydrogen (secondary N) is 1. The van der Waals surface area contributed by atoms with Crippen LogP contribution in [0.2, 0.25) is 0 Å². The van der Waals surface area contributed by atoms with Crippen LogP contribution in [0.4, 0.5) is 0 Å². The molecule has 27 heavy (non-hydrogen) atoms. The molecular formula is C15H24ClN5O5S. The van der Waals surface area contributed by atoms with Gasteiger partial charge in [0, 0.05) is 52.5 Å². The number of piperidine rings is 1. The topological polar surface area (TPSA) is 114 Å². The summed E-state index contributed by atoms with van der Waals surface area (Å²) in [6.45, 7) is 1.91. The molecule has 3 rings (SSSR count). The number of halogens is 1. The number of carbonyl (C=O) groups excluding carboxylic acids is 1. The van der Waals surface area contributed by atoms with E-state index in [9.17, 15) is 22.8 Å². The van der Waals surface area contributed by atoms with E-state index >= 15 is 0 Å². The lowest BCUT2D eigenvalue weighted by Crippen LogP contribution is -2.57. The maximum Gasteiger partial charge on any atom is 0.330 e. The Bertz CT molecular complexity index is 941. The van der Waals surface area contributed by atoms with E-state index in [1.54, 1.807) is 4.90 Å². The van der Waals surface area contributed by atoms with Gasteiger partial charge >= 0.3 is 5.69 Å². The Labute approximate surface area is 163 Å². The molecule has 2 aliphatic rings. The van der Waals surface area contributed by atoms with Gasteiger partial charge in [0.2, 0.25) is 15.9 Å². The summed E-state index contributed by atoms with van der Waals surface area (Å²) in [5.41, 5.74) is -1.43. The van der Waals surface area contributed by atoms with E-state index < -0.39 is 26.2 Å². The van der Waals surface area contributed by atoms with Crippen molar-refractivity contribution in [3.05, 3.63) is 27.0 Å². The summed E-state index contributed by atoms with van der Waals surface area (Å²) in [5.74, 6) is -0.0430. The predicted molar refractivity (Wildman–Crippen MR) is 101 cm³/mol. The van der Waals surface area contributed by atoms with Crippen molar-refractivity contribution in [3.63, 3.8) is 0 Å². The number of amides is 1. The van der Waals surface area contributed by atoms with Gasteiger partial charge in [-0.3, -0.25) is 14.2 Å². The Balaban J connectivity index is 0.00000261. The van der Waals surface area contributed by atoms with E-state index in [1.165, 1.54) is 18.4 Å². The summed E-state index contributed by atoms with van der Waals surface area (Å²) in [4.78, 5) is 37.5. The number of nitrogens with zero attached hydrogens (tertiary/aromatic N) is 4. The molecule has 0 bridgehead atoms. The van der Waals surface area contributed by atoms with Crippen molar-refractivity contribution in [3.8, 4) is 0 Å². The van der Waals surface area contributed by atoms with Gasteiger partial charge in [0.15, 0.2) is 4.90 Å². The number of sulfonamides is 1. The standard InChI is InChI=1S/C15H23N5O5S.ClH/c1-17-10-12(14(22)18(2)15(17)23)26(24,25)19-6-3-4-11(9-19)20-7-5-16-8-13(20)21;/h10-11,16H,3-9H2,1-2H3;1H. The minimum Gasteiger partial charge on any atom is -0.336 e. The van der Waals surface area contributed by atoms with E-state index in [1.807, 2.05) is 0 Å². The van der Waals surface area contributed by atoms with Crippen molar-refractivity contribution in [1.29, 1.82) is 0 Å². The van der Waals surface area contributed by atoms with Crippen LogP contribution >= 0.6 is 12.4 Å². The molecule has 2 aliphatic heterocycles. The molecule has 152 valence electrons. The fourth-order valence-electron chi connectivity index (χ4n) is 3.49. The first kappa shape index (κ1) is 21.6. The van der Waals surface area contributed by atoms with Crippen LogP contribution in [-0.2, 0) is 28.9 Å². The molecule has 0 aromatic carbocycles. The molecule has 0 aliphatic carbocycles. The lowest BCUT2D eigenvalue weighted by Gasteiger charge is -2.40. The fraction of sp³-hybridized carbons (Fsp3) is 0.667. The first-order valence-corrected chi connectivity index (χ1v) is 9.94. The molecular weight excluding hydrogens is 398 g/mol. The Kier molecular flexibility index (Phi) is 6.51. The van der Waals surface area contributed by atoms with Crippen LogP contribution in [-0.4, -0.2) is 71.4 Å². The summed E-state index contributed by atoms with van der Waals surface area (Å²) < 4.78 is 29.1. The van der Waals surface area contributed by atoms with E-state index in [-0.39, 0.29) is 44.0 Å². The Hall–Kier alpha value is -1.69. The zero-order valence-corrected chi connectivity index (χ0v) is 16.9. The molecule has 1 aromatic rings. The lowest BCUT2D eigenvalue weighted by molar-refractivity contribution is -0.135. The molecule has 2 saturated heterocycles. The third-order valence-electron chi connectivity index (χ3n) is 4.96. The normalized spacial score (nSPS) is 21.8. The minimum atomic E-state index is -4.06. The van der Waals surface area contributed by atoms with Gasteiger partial charge in [-0.05, 0) is 12.8 Å². The van der Waals surface area contributed by atoms with Crippen LogP contribution in [0.1, 0.15) is 12.8 Å². The third kappa shape index (κ3) is 3.96. The van der Waals surface area contributed by atoms with Crippen molar-refractivity contribution in [1.82, 2.24) is 23.7 Å². The molecule has 12 heteroatoms. The second kappa shape index (κ2) is 8.13. The second-order valence-corrected chi connectivity index (χ2v) is 8.58. The summed E-state index contributed by atoms with van der Waals surface area (Å²) in [7, 11) is -1.40. The average Bonchev–Trinajstić information content (AvgIpc) is 2.63. The first-order chi connectivity index (χ1) is 12.2. The maximum absolute atomic E-state index is 13.0. The zero-order valence-electron chi connectivity index (χ0n) is 15.3. The summed E-state index contributed by atoms with van der Waals surface area (Å²) in [6.07, 6.45) is 2.40. The highest BCUT2D eigenvalue weighted by molar-refractivity contribution is 7.89. The Morgan fingerprint density at radius 3 is 2.52 bits per heavy atom. The van der Waals surface area contributed by atoms with Gasteiger partial charge in [0.1, 0.15) is 0 Å². The van der Waals surface area contributed by atoms with Crippen LogP contribution in [0, 0.1) is 0 Å². The largest absolute Gasteiger partial charge is 0.336 e. The van der Waals surface area contributed by atoms with E-state index in [0.717, 1.165) is 21.8 Å². The van der Waals surface area contributed by atoms with E-state index in [2.05, 4.69) is 5.32 Å².